The van der Waals surface area contributed by atoms with E-state index in [0.29, 0.717) is 23.4 Å². The van der Waals surface area contributed by atoms with Crippen molar-refractivity contribution >= 4 is 40.9 Å². The van der Waals surface area contributed by atoms with Gasteiger partial charge in [0.15, 0.2) is 0 Å². The van der Waals surface area contributed by atoms with Crippen LogP contribution in [0.4, 0.5) is 11.4 Å². The Kier molecular flexibility index (Phi) is 10.1. The maximum absolute atomic E-state index is 12.8. The van der Waals surface area contributed by atoms with Crippen LogP contribution in [0.1, 0.15) is 49.0 Å². The third kappa shape index (κ3) is 8.45. The Labute approximate surface area is 188 Å². The summed E-state index contributed by atoms with van der Waals surface area (Å²) in [5.41, 5.74) is 3.00. The molecule has 0 aliphatic carbocycles. The zero-order valence-electron chi connectivity index (χ0n) is 18.4. The van der Waals surface area contributed by atoms with Crippen LogP contribution in [0, 0.1) is 0 Å². The van der Waals surface area contributed by atoms with E-state index in [0.717, 1.165) is 25.0 Å². The van der Waals surface area contributed by atoms with Crippen molar-refractivity contribution in [2.45, 2.75) is 45.6 Å². The number of carbonyl (C=O) groups excluding carboxylic acids is 3. The number of benzene rings is 2. The molecule has 2 rings (SSSR count). The number of unbranched alkanes of at least 4 members (excludes halogenated alkanes) is 1. The molecule has 0 spiro atoms. The van der Waals surface area contributed by atoms with Crippen LogP contribution in [0.2, 0.25) is 0 Å². The highest BCUT2D eigenvalue weighted by Crippen LogP contribution is 2.15. The van der Waals surface area contributed by atoms with Gasteiger partial charge in [0.1, 0.15) is 6.04 Å². The van der Waals surface area contributed by atoms with Gasteiger partial charge in [-0.1, -0.05) is 25.5 Å². The normalized spacial score (nSPS) is 11.5. The standard InChI is InChI=1S/C24H31N3O3S/c1-4-5-6-18-7-9-19(10-8-18)23(29)27-22(15-16-31-3)24(30)26-21-13-11-20(12-14-21)25-17(2)28/h7-14,22H,4-6,15-16H2,1-3H3,(H,25,28)(H,26,30)(H,27,29)/t22-/m1/s1. The van der Waals surface area contributed by atoms with E-state index >= 15 is 0 Å². The second-order valence-corrected chi connectivity index (χ2v) is 8.34. The monoisotopic (exact) mass is 441 g/mol. The highest BCUT2D eigenvalue weighted by Gasteiger charge is 2.21. The lowest BCUT2D eigenvalue weighted by Gasteiger charge is -2.18. The summed E-state index contributed by atoms with van der Waals surface area (Å²) in [4.78, 5) is 36.7. The second kappa shape index (κ2) is 12.8. The van der Waals surface area contributed by atoms with Crippen LogP contribution in [0.3, 0.4) is 0 Å². The van der Waals surface area contributed by atoms with Crippen molar-refractivity contribution in [2.75, 3.05) is 22.6 Å². The molecular weight excluding hydrogens is 410 g/mol. The minimum atomic E-state index is -0.644. The summed E-state index contributed by atoms with van der Waals surface area (Å²) in [5, 5.41) is 8.40. The molecular formula is C24H31N3O3S. The van der Waals surface area contributed by atoms with Gasteiger partial charge in [0.05, 0.1) is 0 Å². The fourth-order valence-corrected chi connectivity index (χ4v) is 3.49. The van der Waals surface area contributed by atoms with Gasteiger partial charge in [-0.25, -0.2) is 0 Å². The van der Waals surface area contributed by atoms with Gasteiger partial charge in [-0.15, -0.1) is 0 Å². The molecule has 31 heavy (non-hydrogen) atoms. The van der Waals surface area contributed by atoms with E-state index in [1.54, 1.807) is 36.0 Å². The number of hydrogen-bond acceptors (Lipinski definition) is 4. The van der Waals surface area contributed by atoms with Crippen LogP contribution in [0.5, 0.6) is 0 Å². The molecule has 0 heterocycles. The first-order valence-corrected chi connectivity index (χ1v) is 11.9. The van der Waals surface area contributed by atoms with Crippen LogP contribution >= 0.6 is 11.8 Å². The molecule has 7 heteroatoms. The Hall–Kier alpha value is -2.80. The predicted molar refractivity (Wildman–Crippen MR) is 129 cm³/mol. The van der Waals surface area contributed by atoms with Crippen molar-refractivity contribution in [2.24, 2.45) is 0 Å². The number of anilines is 2. The summed E-state index contributed by atoms with van der Waals surface area (Å²) in [7, 11) is 0. The highest BCUT2D eigenvalue weighted by atomic mass is 32.2. The number of thioether (sulfide) groups is 1. The number of rotatable bonds is 11. The van der Waals surface area contributed by atoms with Gasteiger partial charge in [0.25, 0.3) is 5.91 Å². The van der Waals surface area contributed by atoms with Gasteiger partial charge in [0, 0.05) is 23.9 Å². The van der Waals surface area contributed by atoms with Gasteiger partial charge >= 0.3 is 0 Å². The Balaban J connectivity index is 2.01. The zero-order valence-corrected chi connectivity index (χ0v) is 19.2. The van der Waals surface area contributed by atoms with E-state index < -0.39 is 6.04 Å². The van der Waals surface area contributed by atoms with Crippen LogP contribution in [-0.2, 0) is 16.0 Å². The first-order chi connectivity index (χ1) is 14.9. The van der Waals surface area contributed by atoms with Crippen molar-refractivity contribution in [1.29, 1.82) is 0 Å². The topological polar surface area (TPSA) is 87.3 Å². The molecule has 166 valence electrons. The number of amides is 3. The molecule has 0 aromatic heterocycles. The second-order valence-electron chi connectivity index (χ2n) is 7.36. The molecule has 0 aliphatic heterocycles. The molecule has 0 saturated heterocycles. The largest absolute Gasteiger partial charge is 0.340 e. The van der Waals surface area contributed by atoms with Crippen molar-refractivity contribution in [3.8, 4) is 0 Å². The average molecular weight is 442 g/mol. The fourth-order valence-electron chi connectivity index (χ4n) is 3.02. The van der Waals surface area contributed by atoms with E-state index in [1.807, 2.05) is 30.5 Å². The summed E-state index contributed by atoms with van der Waals surface area (Å²) in [5.74, 6) is 0.0593. The third-order valence-electron chi connectivity index (χ3n) is 4.74. The summed E-state index contributed by atoms with van der Waals surface area (Å²) < 4.78 is 0. The molecule has 1 atom stereocenters. The molecule has 2 aromatic carbocycles. The molecule has 6 nitrogen and oxygen atoms in total. The van der Waals surface area contributed by atoms with E-state index in [2.05, 4.69) is 22.9 Å². The maximum atomic E-state index is 12.8. The highest BCUT2D eigenvalue weighted by molar-refractivity contribution is 7.98. The van der Waals surface area contributed by atoms with Gasteiger partial charge in [-0.2, -0.15) is 11.8 Å². The fraction of sp³-hybridized carbons (Fsp3) is 0.375. The molecule has 0 fully saturated rings. The summed E-state index contributed by atoms with van der Waals surface area (Å²) in [6, 6.07) is 13.8. The Morgan fingerprint density at radius 3 is 2.10 bits per heavy atom. The third-order valence-corrected chi connectivity index (χ3v) is 5.38. The number of nitrogens with one attached hydrogen (secondary N) is 3. The smallest absolute Gasteiger partial charge is 0.251 e. The molecule has 0 unspecified atom stereocenters. The van der Waals surface area contributed by atoms with Crippen molar-refractivity contribution in [3.05, 3.63) is 59.7 Å². The van der Waals surface area contributed by atoms with Crippen LogP contribution in [0.15, 0.2) is 48.5 Å². The Morgan fingerprint density at radius 2 is 1.55 bits per heavy atom. The molecule has 0 saturated carbocycles. The minimum Gasteiger partial charge on any atom is -0.340 e. The lowest BCUT2D eigenvalue weighted by atomic mass is 10.1. The van der Waals surface area contributed by atoms with Crippen LogP contribution in [0.25, 0.3) is 0 Å². The van der Waals surface area contributed by atoms with E-state index in [-0.39, 0.29) is 17.7 Å². The molecule has 3 amide bonds. The summed E-state index contributed by atoms with van der Waals surface area (Å²) >= 11 is 1.62. The molecule has 2 aromatic rings. The van der Waals surface area contributed by atoms with Crippen LogP contribution < -0.4 is 16.0 Å². The van der Waals surface area contributed by atoms with Gasteiger partial charge in [0.2, 0.25) is 11.8 Å². The predicted octanol–water partition coefficient (Wildman–Crippen LogP) is 4.48. The number of aryl methyl sites for hydroxylation is 1. The van der Waals surface area contributed by atoms with Crippen molar-refractivity contribution < 1.29 is 14.4 Å². The average Bonchev–Trinajstić information content (AvgIpc) is 2.76. The van der Waals surface area contributed by atoms with Crippen molar-refractivity contribution in [1.82, 2.24) is 5.32 Å². The summed E-state index contributed by atoms with van der Waals surface area (Å²) in [6.07, 6.45) is 5.74. The van der Waals surface area contributed by atoms with Crippen LogP contribution in [-0.4, -0.2) is 35.8 Å². The quantitative estimate of drug-likeness (QED) is 0.480. The molecule has 0 aliphatic rings. The Morgan fingerprint density at radius 1 is 0.935 bits per heavy atom. The SMILES string of the molecule is CCCCc1ccc(C(=O)N[C@H](CCSC)C(=O)Nc2ccc(NC(C)=O)cc2)cc1. The van der Waals surface area contributed by atoms with E-state index in [9.17, 15) is 14.4 Å². The van der Waals surface area contributed by atoms with E-state index in [1.165, 1.54) is 12.5 Å². The summed E-state index contributed by atoms with van der Waals surface area (Å²) in [6.45, 7) is 3.59. The number of hydrogen-bond donors (Lipinski definition) is 3. The maximum Gasteiger partial charge on any atom is 0.251 e. The molecule has 0 bridgehead atoms. The van der Waals surface area contributed by atoms with Gasteiger partial charge in [-0.05, 0) is 73.2 Å². The molecule has 0 radical (unpaired) electrons. The first kappa shape index (κ1) is 24.5. The van der Waals surface area contributed by atoms with Gasteiger partial charge < -0.3 is 16.0 Å². The number of carbonyl (C=O) groups is 3. The van der Waals surface area contributed by atoms with Gasteiger partial charge in [-0.3, -0.25) is 14.4 Å². The molecule has 3 N–H and O–H groups in total. The first-order valence-electron chi connectivity index (χ1n) is 10.5. The minimum absolute atomic E-state index is 0.157. The lowest BCUT2D eigenvalue weighted by Crippen LogP contribution is -2.44. The Bertz CT molecular complexity index is 867. The zero-order chi connectivity index (χ0) is 22.6. The van der Waals surface area contributed by atoms with E-state index in [4.69, 9.17) is 0 Å². The lowest BCUT2D eigenvalue weighted by molar-refractivity contribution is -0.118. The van der Waals surface area contributed by atoms with Crippen molar-refractivity contribution in [3.63, 3.8) is 0 Å².